The van der Waals surface area contributed by atoms with Gasteiger partial charge in [-0.2, -0.15) is 0 Å². The Labute approximate surface area is 145 Å². The zero-order chi connectivity index (χ0) is 16.8. The normalized spacial score (nSPS) is 10.7. The van der Waals surface area contributed by atoms with Crippen LogP contribution < -0.4 is 10.1 Å². The maximum Gasteiger partial charge on any atom is 0.262 e. The first-order valence-corrected chi connectivity index (χ1v) is 8.16. The van der Waals surface area contributed by atoms with Crippen molar-refractivity contribution in [3.63, 3.8) is 0 Å². The SMILES string of the molecule is Cc1ccc(NC(=O)COc2ccc(Br)cc2)c(CN(C)C)c1. The summed E-state index contributed by atoms with van der Waals surface area (Å²) >= 11 is 3.36. The van der Waals surface area contributed by atoms with Crippen molar-refractivity contribution in [1.82, 2.24) is 4.90 Å². The Bertz CT molecular complexity index is 669. The average Bonchev–Trinajstić information content (AvgIpc) is 2.49. The van der Waals surface area contributed by atoms with Gasteiger partial charge in [-0.25, -0.2) is 0 Å². The monoisotopic (exact) mass is 376 g/mol. The summed E-state index contributed by atoms with van der Waals surface area (Å²) in [5.41, 5.74) is 3.09. The summed E-state index contributed by atoms with van der Waals surface area (Å²) in [4.78, 5) is 14.2. The van der Waals surface area contributed by atoms with Gasteiger partial charge in [0.15, 0.2) is 6.61 Å². The fourth-order valence-corrected chi connectivity index (χ4v) is 2.45. The van der Waals surface area contributed by atoms with E-state index in [2.05, 4.69) is 32.2 Å². The van der Waals surface area contributed by atoms with E-state index in [1.165, 1.54) is 5.56 Å². The summed E-state index contributed by atoms with van der Waals surface area (Å²) in [6.45, 7) is 2.79. The quantitative estimate of drug-likeness (QED) is 0.832. The van der Waals surface area contributed by atoms with Crippen LogP contribution >= 0.6 is 15.9 Å². The molecule has 0 saturated heterocycles. The maximum absolute atomic E-state index is 12.1. The van der Waals surface area contributed by atoms with Gasteiger partial charge in [-0.15, -0.1) is 0 Å². The number of nitrogens with zero attached hydrogens (tertiary/aromatic N) is 1. The number of carbonyl (C=O) groups is 1. The highest BCUT2D eigenvalue weighted by Crippen LogP contribution is 2.19. The Morgan fingerprint density at radius 3 is 2.52 bits per heavy atom. The lowest BCUT2D eigenvalue weighted by Crippen LogP contribution is -2.22. The zero-order valence-corrected chi connectivity index (χ0v) is 15.2. The molecule has 0 aliphatic carbocycles. The van der Waals surface area contributed by atoms with Crippen LogP contribution in [0.5, 0.6) is 5.75 Å². The van der Waals surface area contributed by atoms with E-state index in [0.29, 0.717) is 5.75 Å². The van der Waals surface area contributed by atoms with Gasteiger partial charge < -0.3 is 15.0 Å². The number of hydrogen-bond donors (Lipinski definition) is 1. The van der Waals surface area contributed by atoms with E-state index in [0.717, 1.165) is 22.3 Å². The Balaban J connectivity index is 1.98. The summed E-state index contributed by atoms with van der Waals surface area (Å²) < 4.78 is 6.47. The first kappa shape index (κ1) is 17.5. The molecule has 0 aromatic heterocycles. The summed E-state index contributed by atoms with van der Waals surface area (Å²) in [6.07, 6.45) is 0. The molecule has 0 atom stereocenters. The molecule has 0 unspecified atom stereocenters. The molecule has 0 aliphatic rings. The molecule has 0 spiro atoms. The molecule has 4 nitrogen and oxygen atoms in total. The first-order chi connectivity index (χ1) is 10.9. The van der Waals surface area contributed by atoms with Gasteiger partial charge in [0.25, 0.3) is 5.91 Å². The average molecular weight is 377 g/mol. The predicted molar refractivity (Wildman–Crippen MR) is 96.8 cm³/mol. The third-order valence-corrected chi connectivity index (χ3v) is 3.73. The molecule has 0 saturated carbocycles. The zero-order valence-electron chi connectivity index (χ0n) is 13.6. The fraction of sp³-hybridized carbons (Fsp3) is 0.278. The fourth-order valence-electron chi connectivity index (χ4n) is 2.18. The smallest absolute Gasteiger partial charge is 0.262 e. The van der Waals surface area contributed by atoms with Crippen molar-refractivity contribution >= 4 is 27.5 Å². The number of amides is 1. The second kappa shape index (κ2) is 8.13. The number of aryl methyl sites for hydroxylation is 1. The van der Waals surface area contributed by atoms with E-state index in [1.54, 1.807) is 0 Å². The number of nitrogens with one attached hydrogen (secondary N) is 1. The minimum atomic E-state index is -0.170. The van der Waals surface area contributed by atoms with E-state index in [-0.39, 0.29) is 12.5 Å². The van der Waals surface area contributed by atoms with Crippen molar-refractivity contribution in [2.45, 2.75) is 13.5 Å². The van der Waals surface area contributed by atoms with Crippen molar-refractivity contribution in [2.75, 3.05) is 26.0 Å². The second-order valence-corrected chi connectivity index (χ2v) is 6.60. The summed E-state index contributed by atoms with van der Waals surface area (Å²) in [5, 5.41) is 2.92. The van der Waals surface area contributed by atoms with Gasteiger partial charge in [-0.1, -0.05) is 33.6 Å². The largest absolute Gasteiger partial charge is 0.484 e. The van der Waals surface area contributed by atoms with Crippen molar-refractivity contribution in [1.29, 1.82) is 0 Å². The minimum Gasteiger partial charge on any atom is -0.484 e. The number of ether oxygens (including phenoxy) is 1. The van der Waals surface area contributed by atoms with Crippen LogP contribution in [0, 0.1) is 6.92 Å². The molecule has 2 aromatic carbocycles. The topological polar surface area (TPSA) is 41.6 Å². The van der Waals surface area contributed by atoms with E-state index in [4.69, 9.17) is 4.74 Å². The third-order valence-electron chi connectivity index (χ3n) is 3.20. The van der Waals surface area contributed by atoms with Crippen LogP contribution in [0.15, 0.2) is 46.9 Å². The van der Waals surface area contributed by atoms with Crippen LogP contribution in [0.2, 0.25) is 0 Å². The molecule has 2 aromatic rings. The van der Waals surface area contributed by atoms with E-state index < -0.39 is 0 Å². The Morgan fingerprint density at radius 2 is 1.87 bits per heavy atom. The van der Waals surface area contributed by atoms with Crippen molar-refractivity contribution in [3.05, 3.63) is 58.1 Å². The molecule has 0 radical (unpaired) electrons. The van der Waals surface area contributed by atoms with Crippen LogP contribution in [0.4, 0.5) is 5.69 Å². The number of carbonyl (C=O) groups excluding carboxylic acids is 1. The molecule has 0 aliphatic heterocycles. The molecule has 122 valence electrons. The van der Waals surface area contributed by atoms with Crippen molar-refractivity contribution in [3.8, 4) is 5.75 Å². The molecule has 2 rings (SSSR count). The maximum atomic E-state index is 12.1. The second-order valence-electron chi connectivity index (χ2n) is 5.69. The lowest BCUT2D eigenvalue weighted by atomic mass is 10.1. The number of halogens is 1. The van der Waals surface area contributed by atoms with E-state index in [1.807, 2.05) is 57.4 Å². The molecular weight excluding hydrogens is 356 g/mol. The van der Waals surface area contributed by atoms with Crippen LogP contribution in [-0.4, -0.2) is 31.5 Å². The van der Waals surface area contributed by atoms with Gasteiger partial charge in [0.05, 0.1) is 0 Å². The Hall–Kier alpha value is -1.85. The van der Waals surface area contributed by atoms with Crippen LogP contribution in [-0.2, 0) is 11.3 Å². The van der Waals surface area contributed by atoms with Gasteiger partial charge >= 0.3 is 0 Å². The third kappa shape index (κ3) is 5.69. The number of rotatable bonds is 6. The summed E-state index contributed by atoms with van der Waals surface area (Å²) in [6, 6.07) is 13.4. The standard InChI is InChI=1S/C18H21BrN2O2/c1-13-4-9-17(14(10-13)11-21(2)3)20-18(22)12-23-16-7-5-15(19)6-8-16/h4-10H,11-12H2,1-3H3,(H,20,22). The van der Waals surface area contributed by atoms with Gasteiger partial charge in [-0.05, 0) is 56.9 Å². The molecule has 23 heavy (non-hydrogen) atoms. The van der Waals surface area contributed by atoms with Crippen LogP contribution in [0.25, 0.3) is 0 Å². The van der Waals surface area contributed by atoms with Gasteiger partial charge in [-0.3, -0.25) is 4.79 Å². The molecule has 0 heterocycles. The Morgan fingerprint density at radius 1 is 1.17 bits per heavy atom. The first-order valence-electron chi connectivity index (χ1n) is 7.36. The lowest BCUT2D eigenvalue weighted by molar-refractivity contribution is -0.118. The summed E-state index contributed by atoms with van der Waals surface area (Å²) in [7, 11) is 4.01. The van der Waals surface area contributed by atoms with Gasteiger partial charge in [0.2, 0.25) is 0 Å². The van der Waals surface area contributed by atoms with E-state index in [9.17, 15) is 4.79 Å². The molecule has 1 amide bonds. The van der Waals surface area contributed by atoms with Crippen LogP contribution in [0.3, 0.4) is 0 Å². The van der Waals surface area contributed by atoms with Gasteiger partial charge in [0, 0.05) is 16.7 Å². The minimum absolute atomic E-state index is 0.0170. The van der Waals surface area contributed by atoms with Crippen molar-refractivity contribution in [2.24, 2.45) is 0 Å². The number of benzene rings is 2. The molecule has 1 N–H and O–H groups in total. The highest BCUT2D eigenvalue weighted by Gasteiger charge is 2.09. The molecule has 0 fully saturated rings. The molecule has 5 heteroatoms. The highest BCUT2D eigenvalue weighted by molar-refractivity contribution is 9.10. The van der Waals surface area contributed by atoms with E-state index >= 15 is 0 Å². The predicted octanol–water partition coefficient (Wildman–Crippen LogP) is 3.84. The summed E-state index contributed by atoms with van der Waals surface area (Å²) in [5.74, 6) is 0.498. The lowest BCUT2D eigenvalue weighted by Gasteiger charge is -2.16. The Kier molecular flexibility index (Phi) is 6.19. The number of hydrogen-bond acceptors (Lipinski definition) is 3. The molecule has 0 bridgehead atoms. The van der Waals surface area contributed by atoms with Crippen molar-refractivity contribution < 1.29 is 9.53 Å². The number of anilines is 1. The van der Waals surface area contributed by atoms with Crippen LogP contribution in [0.1, 0.15) is 11.1 Å². The van der Waals surface area contributed by atoms with Gasteiger partial charge in [0.1, 0.15) is 5.75 Å². The highest BCUT2D eigenvalue weighted by atomic mass is 79.9. The molecular formula is C18H21BrN2O2.